The maximum absolute atomic E-state index is 4.53. The predicted molar refractivity (Wildman–Crippen MR) is 84.7 cm³/mol. The van der Waals surface area contributed by atoms with E-state index in [1.165, 1.54) is 16.7 Å². The maximum Gasteiger partial charge on any atom is 0.125 e. The van der Waals surface area contributed by atoms with Gasteiger partial charge in [-0.05, 0) is 31.5 Å². The Bertz CT molecular complexity index is 532. The SMILES string of the molecule is CNc1cccc(CSCc2cc(C)cc(C)c2)n1. The fourth-order valence-electron chi connectivity index (χ4n) is 2.12. The van der Waals surface area contributed by atoms with Gasteiger partial charge in [-0.1, -0.05) is 35.4 Å². The summed E-state index contributed by atoms with van der Waals surface area (Å²) in [4.78, 5) is 4.53. The molecule has 1 N–H and O–H groups in total. The van der Waals surface area contributed by atoms with Crippen molar-refractivity contribution < 1.29 is 0 Å². The first-order valence-corrected chi connectivity index (χ1v) is 7.61. The number of aryl methyl sites for hydroxylation is 2. The van der Waals surface area contributed by atoms with Crippen molar-refractivity contribution in [2.75, 3.05) is 12.4 Å². The molecule has 0 amide bonds. The molecule has 2 aromatic rings. The van der Waals surface area contributed by atoms with Gasteiger partial charge in [0.25, 0.3) is 0 Å². The lowest BCUT2D eigenvalue weighted by molar-refractivity contribution is 1.16. The lowest BCUT2D eigenvalue weighted by Gasteiger charge is -2.06. The van der Waals surface area contributed by atoms with Crippen molar-refractivity contribution in [2.45, 2.75) is 25.4 Å². The van der Waals surface area contributed by atoms with Crippen molar-refractivity contribution >= 4 is 17.6 Å². The smallest absolute Gasteiger partial charge is 0.125 e. The highest BCUT2D eigenvalue weighted by atomic mass is 32.2. The largest absolute Gasteiger partial charge is 0.373 e. The fraction of sp³-hybridized carbons (Fsp3) is 0.312. The van der Waals surface area contributed by atoms with Gasteiger partial charge in [0.05, 0.1) is 5.69 Å². The van der Waals surface area contributed by atoms with Crippen LogP contribution in [0, 0.1) is 13.8 Å². The van der Waals surface area contributed by atoms with Gasteiger partial charge in [-0.15, -0.1) is 0 Å². The van der Waals surface area contributed by atoms with Gasteiger partial charge in [0.2, 0.25) is 0 Å². The van der Waals surface area contributed by atoms with Crippen LogP contribution in [0.25, 0.3) is 0 Å². The molecule has 1 aromatic heterocycles. The van der Waals surface area contributed by atoms with E-state index in [1.54, 1.807) is 0 Å². The first-order valence-electron chi connectivity index (χ1n) is 6.46. The van der Waals surface area contributed by atoms with Crippen LogP contribution in [0.5, 0.6) is 0 Å². The standard InChI is InChI=1S/C16H20N2S/c1-12-7-13(2)9-14(8-12)10-19-11-15-5-4-6-16(17-3)18-15/h4-9H,10-11H2,1-3H3,(H,17,18). The monoisotopic (exact) mass is 272 g/mol. The van der Waals surface area contributed by atoms with Crippen LogP contribution < -0.4 is 5.32 Å². The minimum atomic E-state index is 0.935. The zero-order valence-corrected chi connectivity index (χ0v) is 12.6. The van der Waals surface area contributed by atoms with Crippen molar-refractivity contribution in [3.05, 3.63) is 58.8 Å². The molecule has 0 atom stereocenters. The highest BCUT2D eigenvalue weighted by molar-refractivity contribution is 7.97. The molecule has 1 aromatic carbocycles. The first-order chi connectivity index (χ1) is 9.17. The summed E-state index contributed by atoms with van der Waals surface area (Å²) in [6.45, 7) is 4.30. The summed E-state index contributed by atoms with van der Waals surface area (Å²) in [7, 11) is 1.90. The first kappa shape index (κ1) is 13.9. The lowest BCUT2D eigenvalue weighted by Crippen LogP contribution is -1.95. The average Bonchev–Trinajstić information content (AvgIpc) is 2.38. The molecule has 0 unspecified atom stereocenters. The maximum atomic E-state index is 4.53. The van der Waals surface area contributed by atoms with Gasteiger partial charge in [-0.2, -0.15) is 11.8 Å². The van der Waals surface area contributed by atoms with E-state index in [9.17, 15) is 0 Å². The van der Waals surface area contributed by atoms with Crippen LogP contribution in [-0.4, -0.2) is 12.0 Å². The summed E-state index contributed by atoms with van der Waals surface area (Å²) in [6, 6.07) is 12.8. The number of thioether (sulfide) groups is 1. The van der Waals surface area contributed by atoms with E-state index in [1.807, 2.05) is 30.9 Å². The number of pyridine rings is 1. The van der Waals surface area contributed by atoms with E-state index in [-0.39, 0.29) is 0 Å². The Morgan fingerprint density at radius 2 is 1.79 bits per heavy atom. The van der Waals surface area contributed by atoms with E-state index in [2.05, 4.69) is 48.4 Å². The second kappa shape index (κ2) is 6.62. The van der Waals surface area contributed by atoms with Crippen molar-refractivity contribution in [2.24, 2.45) is 0 Å². The van der Waals surface area contributed by atoms with Gasteiger partial charge in [-0.3, -0.25) is 0 Å². The molecule has 0 spiro atoms. The van der Waals surface area contributed by atoms with E-state index < -0.39 is 0 Å². The van der Waals surface area contributed by atoms with Crippen molar-refractivity contribution in [1.29, 1.82) is 0 Å². The minimum absolute atomic E-state index is 0.935. The Labute approximate surface area is 119 Å². The van der Waals surface area contributed by atoms with Gasteiger partial charge in [0.15, 0.2) is 0 Å². The van der Waals surface area contributed by atoms with E-state index >= 15 is 0 Å². The summed E-state index contributed by atoms with van der Waals surface area (Å²) in [5.74, 6) is 2.92. The third kappa shape index (κ3) is 4.28. The predicted octanol–water partition coefficient (Wildman–Crippen LogP) is 4.17. The van der Waals surface area contributed by atoms with Crippen molar-refractivity contribution in [1.82, 2.24) is 4.98 Å². The molecule has 0 bridgehead atoms. The number of aromatic nitrogens is 1. The molecule has 0 saturated heterocycles. The summed E-state index contributed by atoms with van der Waals surface area (Å²) in [6.07, 6.45) is 0. The van der Waals surface area contributed by atoms with Crippen LogP contribution in [0.2, 0.25) is 0 Å². The molecule has 100 valence electrons. The molecule has 1 heterocycles. The van der Waals surface area contributed by atoms with Crippen molar-refractivity contribution in [3.8, 4) is 0 Å². The Morgan fingerprint density at radius 3 is 2.47 bits per heavy atom. The normalized spacial score (nSPS) is 10.5. The molecule has 0 saturated carbocycles. The lowest BCUT2D eigenvalue weighted by atomic mass is 10.1. The highest BCUT2D eigenvalue weighted by Crippen LogP contribution is 2.19. The van der Waals surface area contributed by atoms with Crippen LogP contribution in [0.4, 0.5) is 5.82 Å². The average molecular weight is 272 g/mol. The molecular formula is C16H20N2S. The van der Waals surface area contributed by atoms with E-state index in [0.717, 1.165) is 23.0 Å². The fourth-order valence-corrected chi connectivity index (χ4v) is 3.00. The Kier molecular flexibility index (Phi) is 4.86. The van der Waals surface area contributed by atoms with Gasteiger partial charge < -0.3 is 5.32 Å². The number of rotatable bonds is 5. The Morgan fingerprint density at radius 1 is 1.05 bits per heavy atom. The Hall–Kier alpha value is -1.48. The number of nitrogens with zero attached hydrogens (tertiary/aromatic N) is 1. The van der Waals surface area contributed by atoms with Gasteiger partial charge >= 0.3 is 0 Å². The molecule has 0 aliphatic rings. The number of hydrogen-bond donors (Lipinski definition) is 1. The zero-order chi connectivity index (χ0) is 13.7. The van der Waals surface area contributed by atoms with Crippen LogP contribution >= 0.6 is 11.8 Å². The molecule has 2 rings (SSSR count). The van der Waals surface area contributed by atoms with Gasteiger partial charge in [0.1, 0.15) is 5.82 Å². The van der Waals surface area contributed by atoms with Gasteiger partial charge in [0, 0.05) is 18.6 Å². The van der Waals surface area contributed by atoms with Crippen molar-refractivity contribution in [3.63, 3.8) is 0 Å². The molecule has 0 fully saturated rings. The van der Waals surface area contributed by atoms with E-state index in [4.69, 9.17) is 0 Å². The Balaban J connectivity index is 1.92. The number of anilines is 1. The minimum Gasteiger partial charge on any atom is -0.373 e. The summed E-state index contributed by atoms with van der Waals surface area (Å²) < 4.78 is 0. The number of nitrogens with one attached hydrogen (secondary N) is 1. The van der Waals surface area contributed by atoms with Crippen LogP contribution in [-0.2, 0) is 11.5 Å². The number of hydrogen-bond acceptors (Lipinski definition) is 3. The van der Waals surface area contributed by atoms with E-state index in [0.29, 0.717) is 0 Å². The topological polar surface area (TPSA) is 24.9 Å². The highest BCUT2D eigenvalue weighted by Gasteiger charge is 2.00. The molecule has 0 aliphatic heterocycles. The molecule has 0 radical (unpaired) electrons. The molecule has 19 heavy (non-hydrogen) atoms. The zero-order valence-electron chi connectivity index (χ0n) is 11.7. The molecule has 2 nitrogen and oxygen atoms in total. The third-order valence-corrected chi connectivity index (χ3v) is 3.90. The summed E-state index contributed by atoms with van der Waals surface area (Å²) >= 11 is 1.91. The molecule has 3 heteroatoms. The third-order valence-electron chi connectivity index (χ3n) is 2.86. The molecule has 0 aliphatic carbocycles. The van der Waals surface area contributed by atoms with Gasteiger partial charge in [-0.25, -0.2) is 4.98 Å². The quantitative estimate of drug-likeness (QED) is 0.884. The van der Waals surface area contributed by atoms with Crippen LogP contribution in [0.3, 0.4) is 0 Å². The summed E-state index contributed by atoms with van der Waals surface area (Å²) in [5.41, 5.74) is 5.20. The second-order valence-electron chi connectivity index (χ2n) is 4.75. The van der Waals surface area contributed by atoms with Crippen LogP contribution in [0.15, 0.2) is 36.4 Å². The van der Waals surface area contributed by atoms with Crippen LogP contribution in [0.1, 0.15) is 22.4 Å². The number of benzene rings is 1. The molecular weight excluding hydrogens is 252 g/mol. The second-order valence-corrected chi connectivity index (χ2v) is 5.74. The summed E-state index contributed by atoms with van der Waals surface area (Å²) in [5, 5.41) is 3.07.